The SMILES string of the molecule is COc1cc2nccc(Oc3ccc(N(Cc4ccccc4)C(=O)c4cc(Br)c[nH]c4=O)c(Cl)c3)c2cc1OC. The highest BCUT2D eigenvalue weighted by Gasteiger charge is 2.24. The van der Waals surface area contributed by atoms with Gasteiger partial charge in [-0.3, -0.25) is 14.6 Å². The van der Waals surface area contributed by atoms with Crippen LogP contribution in [0.1, 0.15) is 15.9 Å². The predicted molar refractivity (Wildman–Crippen MR) is 158 cm³/mol. The van der Waals surface area contributed by atoms with Gasteiger partial charge in [-0.1, -0.05) is 41.9 Å². The molecule has 5 rings (SSSR count). The van der Waals surface area contributed by atoms with Crippen LogP contribution in [-0.2, 0) is 6.54 Å². The Morgan fingerprint density at radius 1 is 0.975 bits per heavy atom. The number of amides is 1. The molecule has 1 N–H and O–H groups in total. The summed E-state index contributed by atoms with van der Waals surface area (Å²) in [6.45, 7) is 0.197. The molecule has 0 bridgehead atoms. The molecule has 2 heterocycles. The molecule has 0 aliphatic heterocycles. The molecule has 0 saturated heterocycles. The zero-order chi connectivity index (χ0) is 28.2. The maximum atomic E-state index is 13.7. The van der Waals surface area contributed by atoms with Gasteiger partial charge in [0, 0.05) is 34.4 Å². The van der Waals surface area contributed by atoms with E-state index in [1.165, 1.54) is 17.2 Å². The first-order valence-electron chi connectivity index (χ1n) is 12.1. The summed E-state index contributed by atoms with van der Waals surface area (Å²) in [5, 5.41) is 0.987. The Balaban J connectivity index is 1.52. The number of carbonyl (C=O) groups excluding carboxylic acids is 1. The Morgan fingerprint density at radius 2 is 1.73 bits per heavy atom. The molecule has 1 amide bonds. The Hall–Kier alpha value is -4.34. The number of hydrogen-bond acceptors (Lipinski definition) is 6. The van der Waals surface area contributed by atoms with E-state index < -0.39 is 11.5 Å². The number of aromatic nitrogens is 2. The molecule has 8 nitrogen and oxygen atoms in total. The Labute approximate surface area is 243 Å². The van der Waals surface area contributed by atoms with Gasteiger partial charge in [0.1, 0.15) is 17.1 Å². The van der Waals surface area contributed by atoms with Crippen molar-refractivity contribution in [2.75, 3.05) is 19.1 Å². The molecule has 0 aliphatic carbocycles. The van der Waals surface area contributed by atoms with E-state index in [1.54, 1.807) is 56.8 Å². The van der Waals surface area contributed by atoms with Crippen LogP contribution in [0.3, 0.4) is 0 Å². The monoisotopic (exact) mass is 619 g/mol. The number of hydrogen-bond donors (Lipinski definition) is 1. The highest BCUT2D eigenvalue weighted by molar-refractivity contribution is 9.10. The van der Waals surface area contributed by atoms with E-state index in [0.29, 0.717) is 38.7 Å². The number of ether oxygens (including phenoxy) is 3. The molecule has 0 atom stereocenters. The normalized spacial score (nSPS) is 10.8. The lowest BCUT2D eigenvalue weighted by molar-refractivity contribution is 0.0983. The molecule has 5 aromatic rings. The molecule has 0 unspecified atom stereocenters. The van der Waals surface area contributed by atoms with E-state index in [4.69, 9.17) is 25.8 Å². The maximum absolute atomic E-state index is 13.7. The summed E-state index contributed by atoms with van der Waals surface area (Å²) in [7, 11) is 3.12. The van der Waals surface area contributed by atoms with E-state index in [9.17, 15) is 9.59 Å². The minimum absolute atomic E-state index is 0.0191. The third kappa shape index (κ3) is 5.66. The van der Waals surface area contributed by atoms with Crippen molar-refractivity contribution in [3.8, 4) is 23.0 Å². The van der Waals surface area contributed by atoms with Crippen molar-refractivity contribution < 1.29 is 19.0 Å². The Bertz CT molecular complexity index is 1760. The fourth-order valence-electron chi connectivity index (χ4n) is 4.23. The number of pyridine rings is 2. The maximum Gasteiger partial charge on any atom is 0.264 e. The summed E-state index contributed by atoms with van der Waals surface area (Å²) in [5.41, 5.74) is 1.43. The number of aromatic amines is 1. The standard InChI is InChI=1S/C30H23BrClN3O5/c1-38-27-14-21-24(15-28(27)39-2)33-11-10-26(21)40-20-8-9-25(23(32)13-20)35(17-18-6-4-3-5-7-18)30(37)22-12-19(31)16-34-29(22)36/h3-16H,17H2,1-2H3,(H,34,36). The summed E-state index contributed by atoms with van der Waals surface area (Å²) in [5.74, 6) is 1.58. The van der Waals surface area contributed by atoms with E-state index in [-0.39, 0.29) is 17.1 Å². The molecule has 0 saturated carbocycles. The van der Waals surface area contributed by atoms with Gasteiger partial charge in [0.05, 0.1) is 37.0 Å². The largest absolute Gasteiger partial charge is 0.493 e. The van der Waals surface area contributed by atoms with Crippen molar-refractivity contribution >= 4 is 50.0 Å². The van der Waals surface area contributed by atoms with Crippen LogP contribution in [0.25, 0.3) is 10.9 Å². The topological polar surface area (TPSA) is 93.8 Å². The van der Waals surface area contributed by atoms with Crippen LogP contribution >= 0.6 is 27.5 Å². The number of fused-ring (bicyclic) bond motifs is 1. The number of nitrogens with zero attached hydrogens (tertiary/aromatic N) is 2. The molecule has 3 aromatic carbocycles. The Morgan fingerprint density at radius 3 is 2.45 bits per heavy atom. The summed E-state index contributed by atoms with van der Waals surface area (Å²) >= 11 is 10.1. The van der Waals surface area contributed by atoms with Crippen molar-refractivity contribution in [1.82, 2.24) is 9.97 Å². The van der Waals surface area contributed by atoms with Gasteiger partial charge in [-0.15, -0.1) is 0 Å². The number of anilines is 1. The van der Waals surface area contributed by atoms with Crippen molar-refractivity contribution in [1.29, 1.82) is 0 Å². The van der Waals surface area contributed by atoms with E-state index in [2.05, 4.69) is 25.9 Å². The smallest absolute Gasteiger partial charge is 0.264 e. The first kappa shape index (κ1) is 27.2. The van der Waals surface area contributed by atoms with Gasteiger partial charge in [-0.2, -0.15) is 0 Å². The van der Waals surface area contributed by atoms with Crippen LogP contribution in [0, 0.1) is 0 Å². The number of rotatable bonds is 8. The summed E-state index contributed by atoms with van der Waals surface area (Å²) in [4.78, 5) is 34.7. The van der Waals surface area contributed by atoms with Crippen LogP contribution < -0.4 is 24.7 Å². The lowest BCUT2D eigenvalue weighted by Crippen LogP contribution is -2.34. The molecule has 0 radical (unpaired) electrons. The van der Waals surface area contributed by atoms with E-state index in [1.807, 2.05) is 30.3 Å². The molecular formula is C30H23BrClN3O5. The van der Waals surface area contributed by atoms with E-state index in [0.717, 1.165) is 10.9 Å². The second-order valence-corrected chi connectivity index (χ2v) is 10.0. The van der Waals surface area contributed by atoms with Crippen molar-refractivity contribution in [3.63, 3.8) is 0 Å². The minimum Gasteiger partial charge on any atom is -0.493 e. The molecule has 10 heteroatoms. The second kappa shape index (κ2) is 11.8. The molecule has 0 spiro atoms. The highest BCUT2D eigenvalue weighted by Crippen LogP contribution is 2.38. The molecule has 40 heavy (non-hydrogen) atoms. The fraction of sp³-hybridized carbons (Fsp3) is 0.100. The van der Waals surface area contributed by atoms with Gasteiger partial charge in [0.2, 0.25) is 0 Å². The average molecular weight is 621 g/mol. The minimum atomic E-state index is -0.501. The second-order valence-electron chi connectivity index (χ2n) is 8.69. The van der Waals surface area contributed by atoms with Gasteiger partial charge in [-0.25, -0.2) is 0 Å². The highest BCUT2D eigenvalue weighted by atomic mass is 79.9. The number of H-pyrrole nitrogens is 1. The Kier molecular flexibility index (Phi) is 8.04. The number of benzene rings is 3. The number of nitrogens with one attached hydrogen (secondary N) is 1. The number of halogens is 2. The molecule has 0 fully saturated rings. The molecule has 0 aliphatic rings. The predicted octanol–water partition coefficient (Wildman–Crippen LogP) is 7.00. The zero-order valence-electron chi connectivity index (χ0n) is 21.5. The summed E-state index contributed by atoms with van der Waals surface area (Å²) in [6, 6.07) is 21.3. The first-order chi connectivity index (χ1) is 19.4. The van der Waals surface area contributed by atoms with Crippen molar-refractivity contribution in [2.24, 2.45) is 0 Å². The van der Waals surface area contributed by atoms with Crippen molar-refractivity contribution in [3.05, 3.63) is 116 Å². The number of methoxy groups -OCH3 is 2. The fourth-order valence-corrected chi connectivity index (χ4v) is 4.84. The van der Waals surface area contributed by atoms with Gasteiger partial charge >= 0.3 is 0 Å². The molecular weight excluding hydrogens is 598 g/mol. The molecule has 202 valence electrons. The lowest BCUT2D eigenvalue weighted by Gasteiger charge is -2.24. The summed E-state index contributed by atoms with van der Waals surface area (Å²) in [6.07, 6.45) is 3.11. The third-order valence-electron chi connectivity index (χ3n) is 6.17. The van der Waals surface area contributed by atoms with Gasteiger partial charge < -0.3 is 24.1 Å². The number of carbonyl (C=O) groups is 1. The van der Waals surface area contributed by atoms with Gasteiger partial charge in [0.15, 0.2) is 11.5 Å². The lowest BCUT2D eigenvalue weighted by atomic mass is 10.1. The van der Waals surface area contributed by atoms with Crippen LogP contribution in [0.15, 0.2) is 94.5 Å². The third-order valence-corrected chi connectivity index (χ3v) is 6.93. The molecule has 2 aromatic heterocycles. The van der Waals surface area contributed by atoms with E-state index >= 15 is 0 Å². The van der Waals surface area contributed by atoms with Gasteiger partial charge in [-0.05, 0) is 51.8 Å². The summed E-state index contributed by atoms with van der Waals surface area (Å²) < 4.78 is 17.6. The van der Waals surface area contributed by atoms with Crippen LogP contribution in [-0.4, -0.2) is 30.1 Å². The average Bonchev–Trinajstić information content (AvgIpc) is 2.97. The van der Waals surface area contributed by atoms with Crippen LogP contribution in [0.2, 0.25) is 5.02 Å². The van der Waals surface area contributed by atoms with Crippen LogP contribution in [0.5, 0.6) is 23.0 Å². The zero-order valence-corrected chi connectivity index (χ0v) is 23.8. The quantitative estimate of drug-likeness (QED) is 0.201. The first-order valence-corrected chi connectivity index (χ1v) is 13.3. The van der Waals surface area contributed by atoms with Crippen LogP contribution in [0.4, 0.5) is 5.69 Å². The van der Waals surface area contributed by atoms with Crippen molar-refractivity contribution in [2.45, 2.75) is 6.54 Å². The van der Waals surface area contributed by atoms with Gasteiger partial charge in [0.25, 0.3) is 11.5 Å².